The van der Waals surface area contributed by atoms with Crippen LogP contribution in [0.25, 0.3) is 0 Å². The van der Waals surface area contributed by atoms with Gasteiger partial charge in [0.25, 0.3) is 0 Å². The number of carboxylic acid groups (broad SMARTS) is 1. The summed E-state index contributed by atoms with van der Waals surface area (Å²) in [7, 11) is -3.72. The van der Waals surface area contributed by atoms with Crippen LogP contribution in [0, 0.1) is 0 Å². The van der Waals surface area contributed by atoms with E-state index in [1.807, 2.05) is 0 Å². The second-order valence-corrected chi connectivity index (χ2v) is 6.61. The van der Waals surface area contributed by atoms with E-state index in [1.165, 1.54) is 0 Å². The Labute approximate surface area is 122 Å². The van der Waals surface area contributed by atoms with Crippen molar-refractivity contribution in [3.05, 3.63) is 24.3 Å². The van der Waals surface area contributed by atoms with E-state index < -0.39 is 28.2 Å². The third-order valence-corrected chi connectivity index (χ3v) is 4.38. The molecule has 1 saturated heterocycles. The Morgan fingerprint density at radius 2 is 2.14 bits per heavy atom. The second-order valence-electron chi connectivity index (χ2n) is 4.76. The van der Waals surface area contributed by atoms with Gasteiger partial charge in [-0.05, 0) is 24.6 Å². The van der Waals surface area contributed by atoms with Gasteiger partial charge in [-0.15, -0.1) is 0 Å². The van der Waals surface area contributed by atoms with E-state index in [9.17, 15) is 18.0 Å². The lowest BCUT2D eigenvalue weighted by Gasteiger charge is -2.17. The number of rotatable bonds is 6. The zero-order chi connectivity index (χ0) is 15.5. The van der Waals surface area contributed by atoms with Crippen LogP contribution in [0.15, 0.2) is 24.3 Å². The molecule has 2 rings (SSSR count). The lowest BCUT2D eigenvalue weighted by atomic mass is 10.2. The van der Waals surface area contributed by atoms with Gasteiger partial charge in [-0.25, -0.2) is 8.42 Å². The van der Waals surface area contributed by atoms with Gasteiger partial charge in [0.05, 0.1) is 17.9 Å². The van der Waals surface area contributed by atoms with E-state index in [4.69, 9.17) is 5.11 Å². The summed E-state index contributed by atoms with van der Waals surface area (Å²) in [4.78, 5) is 23.7. The second kappa shape index (κ2) is 6.13. The third kappa shape index (κ3) is 4.19. The molecule has 1 fully saturated rings. The van der Waals surface area contributed by atoms with Crippen molar-refractivity contribution in [3.8, 4) is 0 Å². The quantitative estimate of drug-likeness (QED) is 0.816. The fraction of sp³-hybridized carbons (Fsp3) is 0.385. The normalized spacial score (nSPS) is 15.2. The zero-order valence-corrected chi connectivity index (χ0v) is 12.1. The standard InChI is InChI=1S/C13H16N2O5S/c16-12-5-2-7-15(12)11-4-1-3-10(9-11)14-21(19,20)8-6-13(17)18/h1,3-4,9,14H,2,5-8H2,(H,17,18). The molecule has 1 amide bonds. The number of nitrogens with zero attached hydrogens (tertiary/aromatic N) is 1. The van der Waals surface area contributed by atoms with Gasteiger partial charge in [0.15, 0.2) is 0 Å². The number of sulfonamides is 1. The Morgan fingerprint density at radius 1 is 1.38 bits per heavy atom. The van der Waals surface area contributed by atoms with Crippen molar-refractivity contribution in [3.63, 3.8) is 0 Å². The third-order valence-electron chi connectivity index (χ3n) is 3.09. The van der Waals surface area contributed by atoms with Gasteiger partial charge in [0.2, 0.25) is 15.9 Å². The zero-order valence-electron chi connectivity index (χ0n) is 11.3. The van der Waals surface area contributed by atoms with Crippen LogP contribution in [0.1, 0.15) is 19.3 Å². The minimum Gasteiger partial charge on any atom is -0.481 e. The van der Waals surface area contributed by atoms with Crippen molar-refractivity contribution >= 4 is 33.3 Å². The number of amides is 1. The molecule has 114 valence electrons. The first-order chi connectivity index (χ1) is 9.87. The van der Waals surface area contributed by atoms with Crippen molar-refractivity contribution in [1.82, 2.24) is 0 Å². The molecule has 0 atom stereocenters. The van der Waals surface area contributed by atoms with Crippen molar-refractivity contribution in [2.75, 3.05) is 21.9 Å². The van der Waals surface area contributed by atoms with Crippen LogP contribution in [0.5, 0.6) is 0 Å². The number of carboxylic acids is 1. The number of hydrogen-bond donors (Lipinski definition) is 2. The maximum atomic E-state index is 11.7. The van der Waals surface area contributed by atoms with E-state index in [2.05, 4.69) is 4.72 Å². The molecule has 0 radical (unpaired) electrons. The maximum Gasteiger partial charge on any atom is 0.304 e. The summed E-state index contributed by atoms with van der Waals surface area (Å²) in [6.45, 7) is 0.619. The van der Waals surface area contributed by atoms with Gasteiger partial charge in [-0.3, -0.25) is 14.3 Å². The number of aliphatic carboxylic acids is 1. The first-order valence-corrected chi connectivity index (χ1v) is 8.15. The summed E-state index contributed by atoms with van der Waals surface area (Å²) in [6, 6.07) is 6.51. The van der Waals surface area contributed by atoms with Crippen molar-refractivity contribution in [2.45, 2.75) is 19.3 Å². The number of anilines is 2. The predicted molar refractivity (Wildman–Crippen MR) is 77.7 cm³/mol. The first-order valence-electron chi connectivity index (χ1n) is 6.50. The van der Waals surface area contributed by atoms with Crippen molar-refractivity contribution in [2.24, 2.45) is 0 Å². The Bertz CT molecular complexity index is 656. The van der Waals surface area contributed by atoms with Crippen LogP contribution >= 0.6 is 0 Å². The number of carbonyl (C=O) groups is 2. The molecule has 1 aromatic rings. The van der Waals surface area contributed by atoms with Crippen LogP contribution in [0.2, 0.25) is 0 Å². The molecule has 7 nitrogen and oxygen atoms in total. The van der Waals surface area contributed by atoms with Crippen LogP contribution in [-0.4, -0.2) is 37.7 Å². The molecular weight excluding hydrogens is 296 g/mol. The Balaban J connectivity index is 2.11. The number of hydrogen-bond acceptors (Lipinski definition) is 4. The van der Waals surface area contributed by atoms with Gasteiger partial charge in [-0.1, -0.05) is 6.07 Å². The molecule has 1 heterocycles. The van der Waals surface area contributed by atoms with Gasteiger partial charge in [0.1, 0.15) is 0 Å². The van der Waals surface area contributed by atoms with E-state index in [-0.39, 0.29) is 5.91 Å². The molecule has 0 saturated carbocycles. The summed E-state index contributed by atoms with van der Waals surface area (Å²) in [5.41, 5.74) is 0.952. The van der Waals surface area contributed by atoms with Gasteiger partial charge < -0.3 is 10.0 Å². The molecule has 8 heteroatoms. The highest BCUT2D eigenvalue weighted by molar-refractivity contribution is 7.92. The predicted octanol–water partition coefficient (Wildman–Crippen LogP) is 1.03. The van der Waals surface area contributed by atoms with Gasteiger partial charge in [0, 0.05) is 18.7 Å². The summed E-state index contributed by atoms with van der Waals surface area (Å²) < 4.78 is 25.8. The summed E-state index contributed by atoms with van der Waals surface area (Å²) in [5.74, 6) is -1.65. The molecule has 0 spiro atoms. The molecule has 1 aromatic carbocycles. The molecule has 0 aromatic heterocycles. The molecule has 2 N–H and O–H groups in total. The smallest absolute Gasteiger partial charge is 0.304 e. The number of carbonyl (C=O) groups excluding carboxylic acids is 1. The van der Waals surface area contributed by atoms with Crippen LogP contribution in [0.3, 0.4) is 0 Å². The minimum absolute atomic E-state index is 0.0147. The van der Waals surface area contributed by atoms with Crippen LogP contribution < -0.4 is 9.62 Å². The molecule has 0 unspecified atom stereocenters. The first kappa shape index (κ1) is 15.3. The molecule has 1 aliphatic heterocycles. The van der Waals surface area contributed by atoms with E-state index in [0.29, 0.717) is 24.3 Å². The van der Waals surface area contributed by atoms with E-state index in [0.717, 1.165) is 6.42 Å². The van der Waals surface area contributed by atoms with Gasteiger partial charge in [-0.2, -0.15) is 0 Å². The molecule has 0 aliphatic carbocycles. The van der Waals surface area contributed by atoms with E-state index >= 15 is 0 Å². The van der Waals surface area contributed by atoms with Gasteiger partial charge >= 0.3 is 5.97 Å². The monoisotopic (exact) mass is 312 g/mol. The largest absolute Gasteiger partial charge is 0.481 e. The maximum absolute atomic E-state index is 11.7. The average Bonchev–Trinajstić information content (AvgIpc) is 2.83. The molecule has 0 bridgehead atoms. The SMILES string of the molecule is O=C(O)CCS(=O)(=O)Nc1cccc(N2CCCC2=O)c1. The fourth-order valence-electron chi connectivity index (χ4n) is 2.11. The number of benzene rings is 1. The summed E-state index contributed by atoms with van der Waals surface area (Å²) in [6.07, 6.45) is 0.821. The molecule has 1 aliphatic rings. The highest BCUT2D eigenvalue weighted by atomic mass is 32.2. The molecule has 21 heavy (non-hydrogen) atoms. The average molecular weight is 312 g/mol. The minimum atomic E-state index is -3.72. The lowest BCUT2D eigenvalue weighted by Crippen LogP contribution is -2.24. The highest BCUT2D eigenvalue weighted by Crippen LogP contribution is 2.24. The Morgan fingerprint density at radius 3 is 2.76 bits per heavy atom. The van der Waals surface area contributed by atoms with Crippen LogP contribution in [-0.2, 0) is 19.6 Å². The molecular formula is C13H16N2O5S. The topological polar surface area (TPSA) is 104 Å². The summed E-state index contributed by atoms with van der Waals surface area (Å²) in [5, 5.41) is 8.52. The Hall–Kier alpha value is -2.09. The summed E-state index contributed by atoms with van der Waals surface area (Å²) >= 11 is 0. The Kier molecular flexibility index (Phi) is 4.46. The van der Waals surface area contributed by atoms with E-state index in [1.54, 1.807) is 29.2 Å². The van der Waals surface area contributed by atoms with Crippen LogP contribution in [0.4, 0.5) is 11.4 Å². The fourth-order valence-corrected chi connectivity index (χ4v) is 3.14. The van der Waals surface area contributed by atoms with Crippen molar-refractivity contribution < 1.29 is 23.1 Å². The number of nitrogens with one attached hydrogen (secondary N) is 1. The highest BCUT2D eigenvalue weighted by Gasteiger charge is 2.22. The lowest BCUT2D eigenvalue weighted by molar-refractivity contribution is -0.136. The van der Waals surface area contributed by atoms with Crippen molar-refractivity contribution in [1.29, 1.82) is 0 Å².